The Kier molecular flexibility index (Phi) is 6.09. The van der Waals surface area contributed by atoms with Gasteiger partial charge in [-0.05, 0) is 36.8 Å². The van der Waals surface area contributed by atoms with Gasteiger partial charge in [-0.2, -0.15) is 0 Å². The van der Waals surface area contributed by atoms with Gasteiger partial charge in [0, 0.05) is 24.7 Å². The van der Waals surface area contributed by atoms with Crippen molar-refractivity contribution < 1.29 is 4.79 Å². The summed E-state index contributed by atoms with van der Waals surface area (Å²) in [7, 11) is 0. The zero-order valence-electron chi connectivity index (χ0n) is 13.4. The van der Waals surface area contributed by atoms with E-state index in [1.165, 1.54) is 23.2 Å². The summed E-state index contributed by atoms with van der Waals surface area (Å²) < 4.78 is 0. The van der Waals surface area contributed by atoms with Crippen LogP contribution in [-0.2, 0) is 17.8 Å². The van der Waals surface area contributed by atoms with Crippen LogP contribution in [0.2, 0.25) is 0 Å². The topological polar surface area (TPSA) is 41.1 Å². The van der Waals surface area contributed by atoms with Crippen molar-refractivity contribution in [2.24, 2.45) is 5.92 Å². The second kappa shape index (κ2) is 8.06. The molecule has 0 atom stereocenters. The first-order chi connectivity index (χ1) is 10.3. The Morgan fingerprint density at radius 2 is 2.05 bits per heavy atom. The highest BCUT2D eigenvalue weighted by molar-refractivity contribution is 5.78. The van der Waals surface area contributed by atoms with Crippen LogP contribution < -0.4 is 10.6 Å². The minimum absolute atomic E-state index is 0.174. The van der Waals surface area contributed by atoms with Gasteiger partial charge in [0.05, 0.1) is 0 Å². The van der Waals surface area contributed by atoms with Crippen molar-refractivity contribution in [2.45, 2.75) is 58.9 Å². The lowest BCUT2D eigenvalue weighted by atomic mass is 9.96. The lowest BCUT2D eigenvalue weighted by Crippen LogP contribution is -2.30. The number of amides is 1. The molecule has 116 valence electrons. The van der Waals surface area contributed by atoms with Crippen LogP contribution >= 0.6 is 0 Å². The van der Waals surface area contributed by atoms with Gasteiger partial charge >= 0.3 is 0 Å². The molecule has 0 bridgehead atoms. The minimum Gasteiger partial charge on any atom is -0.385 e. The Hall–Kier alpha value is -1.51. The van der Waals surface area contributed by atoms with Crippen LogP contribution in [0.5, 0.6) is 0 Å². The van der Waals surface area contributed by atoms with Gasteiger partial charge in [-0.3, -0.25) is 4.79 Å². The molecule has 1 aliphatic heterocycles. The molecule has 2 rings (SSSR count). The second-order valence-electron chi connectivity index (χ2n) is 5.97. The van der Waals surface area contributed by atoms with Crippen LogP contribution in [-0.4, -0.2) is 12.5 Å². The molecule has 0 fully saturated rings. The van der Waals surface area contributed by atoms with Crippen LogP contribution in [0, 0.1) is 5.92 Å². The number of carbonyl (C=O) groups excluding carboxylic acids is 1. The molecule has 1 amide bonds. The number of para-hydroxylation sites is 1. The summed E-state index contributed by atoms with van der Waals surface area (Å²) in [5, 5.41) is 6.62. The molecule has 0 spiro atoms. The van der Waals surface area contributed by atoms with Gasteiger partial charge in [0.1, 0.15) is 0 Å². The SMILES string of the molecule is CCCC(CCC)C(=O)NCc1cccc2c1NCCC2. The number of nitrogens with one attached hydrogen (secondary N) is 2. The molecule has 3 heteroatoms. The van der Waals surface area contributed by atoms with Crippen molar-refractivity contribution in [3.8, 4) is 0 Å². The van der Waals surface area contributed by atoms with Crippen molar-refractivity contribution in [1.82, 2.24) is 5.32 Å². The standard InChI is InChI=1S/C18H28N2O/c1-3-7-15(8-4-2)18(21)20-13-16-10-5-9-14-11-6-12-19-17(14)16/h5,9-10,15,19H,3-4,6-8,11-13H2,1-2H3,(H,20,21). The number of fused-ring (bicyclic) bond motifs is 1. The average molecular weight is 288 g/mol. The molecule has 1 aromatic carbocycles. The lowest BCUT2D eigenvalue weighted by molar-refractivity contribution is -0.125. The van der Waals surface area contributed by atoms with E-state index in [1.807, 2.05) is 0 Å². The molecule has 21 heavy (non-hydrogen) atoms. The monoisotopic (exact) mass is 288 g/mol. The van der Waals surface area contributed by atoms with E-state index >= 15 is 0 Å². The molecule has 1 heterocycles. The summed E-state index contributed by atoms with van der Waals surface area (Å²) in [6.45, 7) is 5.96. The van der Waals surface area contributed by atoms with Gasteiger partial charge in [-0.25, -0.2) is 0 Å². The molecule has 0 radical (unpaired) electrons. The number of rotatable bonds is 7. The molecule has 0 unspecified atom stereocenters. The number of aryl methyl sites for hydroxylation is 1. The molecule has 1 aliphatic rings. The van der Waals surface area contributed by atoms with E-state index in [9.17, 15) is 4.79 Å². The predicted octanol–water partition coefficient (Wildman–Crippen LogP) is 3.88. The summed E-state index contributed by atoms with van der Waals surface area (Å²) in [6, 6.07) is 6.40. The molecule has 0 saturated heterocycles. The maximum absolute atomic E-state index is 12.3. The second-order valence-corrected chi connectivity index (χ2v) is 5.97. The van der Waals surface area contributed by atoms with Crippen LogP contribution in [0.3, 0.4) is 0 Å². The Morgan fingerprint density at radius 3 is 2.76 bits per heavy atom. The molecule has 1 aromatic rings. The van der Waals surface area contributed by atoms with Crippen molar-refractivity contribution in [2.75, 3.05) is 11.9 Å². The van der Waals surface area contributed by atoms with Gasteiger partial charge in [-0.15, -0.1) is 0 Å². The highest BCUT2D eigenvalue weighted by atomic mass is 16.1. The number of benzene rings is 1. The first-order valence-electron chi connectivity index (χ1n) is 8.38. The quantitative estimate of drug-likeness (QED) is 0.799. The summed E-state index contributed by atoms with van der Waals surface area (Å²) in [5.41, 5.74) is 3.84. The molecule has 2 N–H and O–H groups in total. The van der Waals surface area contributed by atoms with E-state index in [-0.39, 0.29) is 11.8 Å². The summed E-state index contributed by atoms with van der Waals surface area (Å²) >= 11 is 0. The van der Waals surface area contributed by atoms with Crippen molar-refractivity contribution in [3.05, 3.63) is 29.3 Å². The summed E-state index contributed by atoms with van der Waals surface area (Å²) in [5.74, 6) is 0.389. The fraction of sp³-hybridized carbons (Fsp3) is 0.611. The van der Waals surface area contributed by atoms with E-state index in [1.54, 1.807) is 0 Å². The smallest absolute Gasteiger partial charge is 0.223 e. The maximum atomic E-state index is 12.3. The number of carbonyl (C=O) groups is 1. The van der Waals surface area contributed by atoms with Crippen molar-refractivity contribution in [1.29, 1.82) is 0 Å². The Bertz CT molecular complexity index is 464. The third-order valence-electron chi connectivity index (χ3n) is 4.26. The van der Waals surface area contributed by atoms with Crippen LogP contribution in [0.15, 0.2) is 18.2 Å². The molecule has 0 aliphatic carbocycles. The van der Waals surface area contributed by atoms with E-state index in [2.05, 4.69) is 42.7 Å². The highest BCUT2D eigenvalue weighted by Gasteiger charge is 2.17. The van der Waals surface area contributed by atoms with Crippen LogP contribution in [0.4, 0.5) is 5.69 Å². The van der Waals surface area contributed by atoms with Gasteiger partial charge in [0.15, 0.2) is 0 Å². The first kappa shape index (κ1) is 15.9. The number of hydrogen-bond acceptors (Lipinski definition) is 2. The summed E-state index contributed by atoms with van der Waals surface area (Å²) in [6.07, 6.45) is 6.45. The molecule has 0 saturated carbocycles. The third-order valence-corrected chi connectivity index (χ3v) is 4.26. The van der Waals surface area contributed by atoms with Crippen LogP contribution in [0.25, 0.3) is 0 Å². The zero-order valence-corrected chi connectivity index (χ0v) is 13.4. The third kappa shape index (κ3) is 4.23. The van der Waals surface area contributed by atoms with E-state index in [0.717, 1.165) is 38.6 Å². The van der Waals surface area contributed by atoms with Gasteiger partial charge < -0.3 is 10.6 Å². The largest absolute Gasteiger partial charge is 0.385 e. The number of hydrogen-bond donors (Lipinski definition) is 2. The molecule has 3 nitrogen and oxygen atoms in total. The summed E-state index contributed by atoms with van der Waals surface area (Å²) in [4.78, 5) is 12.3. The molecular formula is C18H28N2O. The fourth-order valence-corrected chi connectivity index (χ4v) is 3.16. The predicted molar refractivity (Wildman–Crippen MR) is 88.4 cm³/mol. The number of anilines is 1. The van der Waals surface area contributed by atoms with Crippen LogP contribution in [0.1, 0.15) is 57.1 Å². The lowest BCUT2D eigenvalue weighted by Gasteiger charge is -2.22. The average Bonchev–Trinajstić information content (AvgIpc) is 2.52. The van der Waals surface area contributed by atoms with Crippen molar-refractivity contribution >= 4 is 11.6 Å². The van der Waals surface area contributed by atoms with Crippen molar-refractivity contribution in [3.63, 3.8) is 0 Å². The zero-order chi connectivity index (χ0) is 15.1. The maximum Gasteiger partial charge on any atom is 0.223 e. The Balaban J connectivity index is 1.97. The van der Waals surface area contributed by atoms with Gasteiger partial charge in [-0.1, -0.05) is 44.9 Å². The van der Waals surface area contributed by atoms with E-state index < -0.39 is 0 Å². The Labute approximate surface area is 128 Å². The van der Waals surface area contributed by atoms with E-state index in [0.29, 0.717) is 6.54 Å². The molecular weight excluding hydrogens is 260 g/mol. The van der Waals surface area contributed by atoms with E-state index in [4.69, 9.17) is 0 Å². The Morgan fingerprint density at radius 1 is 1.29 bits per heavy atom. The van der Waals surface area contributed by atoms with Gasteiger partial charge in [0.2, 0.25) is 5.91 Å². The highest BCUT2D eigenvalue weighted by Crippen LogP contribution is 2.26. The minimum atomic E-state index is 0.174. The normalized spacial score (nSPS) is 13.7. The molecule has 0 aromatic heterocycles. The van der Waals surface area contributed by atoms with Gasteiger partial charge in [0.25, 0.3) is 0 Å². The first-order valence-corrected chi connectivity index (χ1v) is 8.38. The fourth-order valence-electron chi connectivity index (χ4n) is 3.16.